The summed E-state index contributed by atoms with van der Waals surface area (Å²) in [6.07, 6.45) is 1.40. The van der Waals surface area contributed by atoms with Gasteiger partial charge in [-0.05, 0) is 30.2 Å². The molecule has 0 saturated heterocycles. The van der Waals surface area contributed by atoms with E-state index < -0.39 is 16.0 Å². The molecule has 25 heavy (non-hydrogen) atoms. The molecule has 1 aromatic heterocycles. The van der Waals surface area contributed by atoms with Crippen molar-refractivity contribution >= 4 is 38.9 Å². The maximum absolute atomic E-state index is 12.3. The van der Waals surface area contributed by atoms with Crippen LogP contribution in [-0.4, -0.2) is 38.2 Å². The summed E-state index contributed by atoms with van der Waals surface area (Å²) in [7, 11) is -3.23. The fourth-order valence-electron chi connectivity index (χ4n) is 2.14. The Hall–Kier alpha value is -2.23. The molecule has 1 aromatic carbocycles. The number of hydrogen-bond acceptors (Lipinski definition) is 5. The molecule has 1 amide bonds. The molecule has 0 atom stereocenters. The van der Waals surface area contributed by atoms with E-state index in [0.29, 0.717) is 22.5 Å². The molecule has 0 saturated carbocycles. The highest BCUT2D eigenvalue weighted by Crippen LogP contribution is 2.21. The van der Waals surface area contributed by atoms with E-state index in [9.17, 15) is 18.0 Å². The van der Waals surface area contributed by atoms with Crippen LogP contribution < -0.4 is 10.0 Å². The maximum atomic E-state index is 12.3. The van der Waals surface area contributed by atoms with Crippen LogP contribution in [0.3, 0.4) is 0 Å². The molecule has 7 nitrogen and oxygen atoms in total. The minimum atomic E-state index is -3.23. The predicted octanol–water partition coefficient (Wildman–Crippen LogP) is 1.72. The zero-order chi connectivity index (χ0) is 18.4. The molecule has 0 aliphatic rings. The summed E-state index contributed by atoms with van der Waals surface area (Å²) in [6, 6.07) is 10.2. The van der Waals surface area contributed by atoms with Crippen LogP contribution in [0.4, 0.5) is 5.69 Å². The largest absolute Gasteiger partial charge is 0.481 e. The number of para-hydroxylation sites is 1. The van der Waals surface area contributed by atoms with Gasteiger partial charge in [0.1, 0.15) is 0 Å². The number of hydrogen-bond donors (Lipinski definition) is 3. The quantitative estimate of drug-likeness (QED) is 0.643. The van der Waals surface area contributed by atoms with Gasteiger partial charge >= 0.3 is 5.97 Å². The zero-order valence-corrected chi connectivity index (χ0v) is 15.1. The van der Waals surface area contributed by atoms with Gasteiger partial charge in [0.05, 0.1) is 17.6 Å². The molecule has 0 radical (unpaired) electrons. The Balaban J connectivity index is 2.01. The van der Waals surface area contributed by atoms with Crippen LogP contribution in [0.25, 0.3) is 0 Å². The van der Waals surface area contributed by atoms with Gasteiger partial charge < -0.3 is 10.4 Å². The molecule has 0 fully saturated rings. The van der Waals surface area contributed by atoms with E-state index in [4.69, 9.17) is 5.11 Å². The van der Waals surface area contributed by atoms with Gasteiger partial charge in [0.15, 0.2) is 0 Å². The van der Waals surface area contributed by atoms with Crippen molar-refractivity contribution in [2.75, 3.05) is 18.1 Å². The van der Waals surface area contributed by atoms with Crippen molar-refractivity contribution < 1.29 is 23.1 Å². The first-order valence-electron chi connectivity index (χ1n) is 7.39. The van der Waals surface area contributed by atoms with E-state index in [1.165, 1.54) is 11.3 Å². The second-order valence-electron chi connectivity index (χ2n) is 5.36. The lowest BCUT2D eigenvalue weighted by atomic mass is 10.1. The normalized spacial score (nSPS) is 11.2. The molecular formula is C16H18N2O5S2. The molecule has 0 bridgehead atoms. The molecule has 2 aromatic rings. The third-order valence-corrected chi connectivity index (χ3v) is 5.10. The number of aliphatic carboxylic acids is 1. The summed E-state index contributed by atoms with van der Waals surface area (Å²) in [5.41, 5.74) is 0.987. The number of nitrogens with one attached hydrogen (secondary N) is 2. The highest BCUT2D eigenvalue weighted by molar-refractivity contribution is 7.88. The van der Waals surface area contributed by atoms with E-state index in [2.05, 4.69) is 10.0 Å². The van der Waals surface area contributed by atoms with E-state index in [0.717, 1.165) is 11.1 Å². The minimum Gasteiger partial charge on any atom is -0.481 e. The number of amides is 1. The first-order valence-corrected chi connectivity index (χ1v) is 10.1. The Morgan fingerprint density at radius 1 is 1.16 bits per heavy atom. The van der Waals surface area contributed by atoms with Gasteiger partial charge in [-0.1, -0.05) is 18.2 Å². The van der Waals surface area contributed by atoms with Gasteiger partial charge in [-0.2, -0.15) is 0 Å². The first kappa shape index (κ1) is 19.1. The van der Waals surface area contributed by atoms with Crippen LogP contribution >= 0.6 is 11.3 Å². The zero-order valence-electron chi connectivity index (χ0n) is 13.5. The molecule has 134 valence electrons. The lowest BCUT2D eigenvalue weighted by molar-refractivity contribution is -0.136. The van der Waals surface area contributed by atoms with Crippen LogP contribution in [-0.2, 0) is 27.7 Å². The van der Waals surface area contributed by atoms with Crippen LogP contribution in [0, 0.1) is 0 Å². The van der Waals surface area contributed by atoms with E-state index in [-0.39, 0.29) is 18.9 Å². The van der Waals surface area contributed by atoms with Crippen molar-refractivity contribution in [1.29, 1.82) is 0 Å². The Bertz CT molecular complexity index is 874. The number of carbonyl (C=O) groups is 2. The van der Waals surface area contributed by atoms with Gasteiger partial charge in [0.25, 0.3) is 5.91 Å². The minimum absolute atomic E-state index is 0.177. The lowest BCUT2D eigenvalue weighted by Crippen LogP contribution is -2.24. The highest BCUT2D eigenvalue weighted by Gasteiger charge is 2.13. The maximum Gasteiger partial charge on any atom is 0.307 e. The molecular weight excluding hydrogens is 364 g/mol. The van der Waals surface area contributed by atoms with Crippen LogP contribution in [0.5, 0.6) is 0 Å². The van der Waals surface area contributed by atoms with E-state index in [1.807, 2.05) is 0 Å². The summed E-state index contributed by atoms with van der Waals surface area (Å²) >= 11 is 1.27. The first-order chi connectivity index (χ1) is 11.7. The number of carboxylic acids is 1. The van der Waals surface area contributed by atoms with Crippen molar-refractivity contribution in [1.82, 2.24) is 4.72 Å². The molecule has 3 N–H and O–H groups in total. The third kappa shape index (κ3) is 6.29. The van der Waals surface area contributed by atoms with E-state index >= 15 is 0 Å². The van der Waals surface area contributed by atoms with Crippen molar-refractivity contribution in [3.63, 3.8) is 0 Å². The van der Waals surface area contributed by atoms with Gasteiger partial charge in [0, 0.05) is 17.1 Å². The van der Waals surface area contributed by atoms with Crippen LogP contribution in [0.15, 0.2) is 36.4 Å². The van der Waals surface area contributed by atoms with Crippen molar-refractivity contribution in [2.24, 2.45) is 0 Å². The van der Waals surface area contributed by atoms with Gasteiger partial charge in [-0.3, -0.25) is 9.59 Å². The fourth-order valence-corrected chi connectivity index (χ4v) is 3.51. The Labute approximate surface area is 149 Å². The third-order valence-electron chi connectivity index (χ3n) is 3.23. The predicted molar refractivity (Wildman–Crippen MR) is 96.6 cm³/mol. The SMILES string of the molecule is CS(=O)(=O)NCCc1ccc(C(=O)Nc2ccccc2CC(=O)O)s1. The standard InChI is InChI=1S/C16H18N2O5S2/c1-25(22,23)17-9-8-12-6-7-14(24-12)16(21)18-13-5-3-2-4-11(13)10-15(19)20/h2-7,17H,8-10H2,1H3,(H,18,21)(H,19,20). The van der Waals surface area contributed by atoms with Crippen LogP contribution in [0.2, 0.25) is 0 Å². The number of thiophene rings is 1. The fraction of sp³-hybridized carbons (Fsp3) is 0.250. The number of carboxylic acid groups (broad SMARTS) is 1. The summed E-state index contributed by atoms with van der Waals surface area (Å²) in [6.45, 7) is 0.266. The molecule has 2 rings (SSSR count). The van der Waals surface area contributed by atoms with E-state index in [1.54, 1.807) is 36.4 Å². The molecule has 0 aliphatic heterocycles. The van der Waals surface area contributed by atoms with Gasteiger partial charge in [-0.15, -0.1) is 11.3 Å². The number of anilines is 1. The lowest BCUT2D eigenvalue weighted by Gasteiger charge is -2.08. The molecule has 0 unspecified atom stereocenters. The summed E-state index contributed by atoms with van der Waals surface area (Å²) in [5.74, 6) is -1.30. The summed E-state index contributed by atoms with van der Waals surface area (Å²) in [5, 5.41) is 11.6. The van der Waals surface area contributed by atoms with Crippen molar-refractivity contribution in [2.45, 2.75) is 12.8 Å². The second-order valence-corrected chi connectivity index (χ2v) is 8.37. The average Bonchev–Trinajstić information content (AvgIpc) is 2.96. The Kier molecular flexibility index (Phi) is 6.29. The van der Waals surface area contributed by atoms with Gasteiger partial charge in [-0.25, -0.2) is 13.1 Å². The highest BCUT2D eigenvalue weighted by atomic mass is 32.2. The molecule has 9 heteroatoms. The number of carbonyl (C=O) groups excluding carboxylic acids is 1. The molecule has 0 spiro atoms. The number of sulfonamides is 1. The van der Waals surface area contributed by atoms with Crippen molar-refractivity contribution in [3.8, 4) is 0 Å². The topological polar surface area (TPSA) is 113 Å². The number of rotatable bonds is 8. The Morgan fingerprint density at radius 2 is 1.88 bits per heavy atom. The average molecular weight is 382 g/mol. The number of benzene rings is 1. The van der Waals surface area contributed by atoms with Crippen molar-refractivity contribution in [3.05, 3.63) is 51.7 Å². The summed E-state index contributed by atoms with van der Waals surface area (Å²) in [4.78, 5) is 24.6. The summed E-state index contributed by atoms with van der Waals surface area (Å²) < 4.78 is 24.5. The molecule has 1 heterocycles. The monoisotopic (exact) mass is 382 g/mol. The smallest absolute Gasteiger partial charge is 0.307 e. The molecule has 0 aliphatic carbocycles. The Morgan fingerprint density at radius 3 is 2.56 bits per heavy atom. The second kappa shape index (κ2) is 8.24. The van der Waals surface area contributed by atoms with Gasteiger partial charge in [0.2, 0.25) is 10.0 Å². The van der Waals surface area contributed by atoms with Crippen LogP contribution in [0.1, 0.15) is 20.1 Å².